The highest BCUT2D eigenvalue weighted by Crippen LogP contribution is 2.28. The van der Waals surface area contributed by atoms with Gasteiger partial charge in [0.1, 0.15) is 0 Å². The highest BCUT2D eigenvalue weighted by atomic mass is 35.5. The van der Waals surface area contributed by atoms with Crippen molar-refractivity contribution in [3.8, 4) is 0 Å². The zero-order chi connectivity index (χ0) is 17.5. The predicted octanol–water partition coefficient (Wildman–Crippen LogP) is 0.943. The number of carbonyl (C=O) groups is 3. The monoisotopic (exact) mass is 366 g/mol. The molecule has 1 atom stereocenters. The average molecular weight is 367 g/mol. The van der Waals surface area contributed by atoms with E-state index in [0.29, 0.717) is 29.9 Å². The topological polar surface area (TPSA) is 95.7 Å². The third-order valence-corrected chi connectivity index (χ3v) is 4.87. The maximum atomic E-state index is 12.2. The molecule has 2 heterocycles. The largest absolute Gasteiger partial charge is 0.330 e. The van der Waals surface area contributed by atoms with Crippen LogP contribution >= 0.6 is 12.4 Å². The minimum absolute atomic E-state index is 0. The summed E-state index contributed by atoms with van der Waals surface area (Å²) in [4.78, 5) is 39.3. The standard InChI is InChI=1S/C17H22N4O3.ClH/c1-17(9-18)5-6-21(10-17)8-14(22)19-11-3-4-12-13(7-11)16(24)20(2)15(12)23;/h3-4,7H,5-6,8-10,18H2,1-2H3,(H,19,22);1H. The Kier molecular flexibility index (Phi) is 5.51. The summed E-state index contributed by atoms with van der Waals surface area (Å²) in [5.74, 6) is -0.795. The second-order valence-corrected chi connectivity index (χ2v) is 6.95. The maximum absolute atomic E-state index is 12.2. The van der Waals surface area contributed by atoms with Crippen molar-refractivity contribution in [2.45, 2.75) is 13.3 Å². The first-order valence-electron chi connectivity index (χ1n) is 8.02. The van der Waals surface area contributed by atoms with Gasteiger partial charge >= 0.3 is 0 Å². The normalized spacial score (nSPS) is 22.8. The van der Waals surface area contributed by atoms with Crippen molar-refractivity contribution < 1.29 is 14.4 Å². The van der Waals surface area contributed by atoms with Gasteiger partial charge in [0.05, 0.1) is 17.7 Å². The molecule has 3 rings (SSSR count). The van der Waals surface area contributed by atoms with Crippen molar-refractivity contribution in [3.63, 3.8) is 0 Å². The van der Waals surface area contributed by atoms with Gasteiger partial charge in [-0.2, -0.15) is 0 Å². The molecule has 2 aliphatic heterocycles. The van der Waals surface area contributed by atoms with Gasteiger partial charge in [0.2, 0.25) is 5.91 Å². The fourth-order valence-electron chi connectivity index (χ4n) is 3.27. The zero-order valence-corrected chi connectivity index (χ0v) is 15.2. The van der Waals surface area contributed by atoms with Crippen molar-refractivity contribution in [1.82, 2.24) is 9.80 Å². The van der Waals surface area contributed by atoms with Crippen molar-refractivity contribution in [2.24, 2.45) is 11.1 Å². The summed E-state index contributed by atoms with van der Waals surface area (Å²) in [6.07, 6.45) is 0.985. The van der Waals surface area contributed by atoms with Gasteiger partial charge in [-0.1, -0.05) is 6.92 Å². The van der Waals surface area contributed by atoms with Crippen LogP contribution in [0.25, 0.3) is 0 Å². The van der Waals surface area contributed by atoms with E-state index in [9.17, 15) is 14.4 Å². The first-order chi connectivity index (χ1) is 11.3. The fourth-order valence-corrected chi connectivity index (χ4v) is 3.27. The molecule has 0 aromatic heterocycles. The van der Waals surface area contributed by atoms with Crippen LogP contribution in [0.3, 0.4) is 0 Å². The lowest BCUT2D eigenvalue weighted by Crippen LogP contribution is -2.35. The number of hydrogen-bond acceptors (Lipinski definition) is 5. The Balaban J connectivity index is 0.00000225. The first kappa shape index (κ1) is 19.4. The molecule has 8 heteroatoms. The van der Waals surface area contributed by atoms with E-state index >= 15 is 0 Å². The van der Waals surface area contributed by atoms with Crippen LogP contribution in [0.5, 0.6) is 0 Å². The van der Waals surface area contributed by atoms with E-state index in [-0.39, 0.29) is 35.5 Å². The van der Waals surface area contributed by atoms with Crippen LogP contribution in [-0.4, -0.2) is 60.7 Å². The highest BCUT2D eigenvalue weighted by molar-refractivity contribution is 6.21. The van der Waals surface area contributed by atoms with Crippen LogP contribution in [0, 0.1) is 5.41 Å². The van der Waals surface area contributed by atoms with Crippen LogP contribution < -0.4 is 11.1 Å². The predicted molar refractivity (Wildman–Crippen MR) is 97.0 cm³/mol. The van der Waals surface area contributed by atoms with Crippen molar-refractivity contribution in [1.29, 1.82) is 0 Å². The number of likely N-dealkylation sites (tertiary alicyclic amines) is 1. The zero-order valence-electron chi connectivity index (χ0n) is 14.4. The molecule has 1 fully saturated rings. The molecule has 1 unspecified atom stereocenters. The van der Waals surface area contributed by atoms with Crippen LogP contribution in [0.1, 0.15) is 34.1 Å². The number of nitrogens with zero attached hydrogens (tertiary/aromatic N) is 2. The Labute approximate surface area is 152 Å². The third-order valence-electron chi connectivity index (χ3n) is 4.87. The van der Waals surface area contributed by atoms with Gasteiger partial charge in [-0.15, -0.1) is 12.4 Å². The van der Waals surface area contributed by atoms with Crippen LogP contribution in [-0.2, 0) is 4.79 Å². The van der Waals surface area contributed by atoms with Crippen LogP contribution in [0.15, 0.2) is 18.2 Å². The van der Waals surface area contributed by atoms with Gasteiger partial charge in [0.25, 0.3) is 11.8 Å². The molecule has 2 aliphatic rings. The summed E-state index contributed by atoms with van der Waals surface area (Å²) in [5.41, 5.74) is 7.08. The number of fused-ring (bicyclic) bond motifs is 1. The maximum Gasteiger partial charge on any atom is 0.261 e. The molecule has 0 saturated carbocycles. The fraction of sp³-hybridized carbons (Fsp3) is 0.471. The number of carbonyl (C=O) groups excluding carboxylic acids is 3. The van der Waals surface area contributed by atoms with Gasteiger partial charge in [0.15, 0.2) is 0 Å². The molecule has 1 saturated heterocycles. The highest BCUT2D eigenvalue weighted by Gasteiger charge is 2.34. The number of imide groups is 1. The van der Waals surface area contributed by atoms with E-state index in [1.54, 1.807) is 18.2 Å². The van der Waals surface area contributed by atoms with E-state index in [1.165, 1.54) is 7.05 Å². The van der Waals surface area contributed by atoms with Gasteiger partial charge in [-0.25, -0.2) is 0 Å². The van der Waals surface area contributed by atoms with Gasteiger partial charge in [-0.05, 0) is 43.1 Å². The smallest absolute Gasteiger partial charge is 0.261 e. The summed E-state index contributed by atoms with van der Waals surface area (Å²) >= 11 is 0. The molecule has 1 aromatic rings. The quantitative estimate of drug-likeness (QED) is 0.773. The summed E-state index contributed by atoms with van der Waals surface area (Å²) in [6, 6.07) is 4.79. The van der Waals surface area contributed by atoms with Gasteiger partial charge in [-0.3, -0.25) is 24.2 Å². The minimum atomic E-state index is -0.343. The molecule has 25 heavy (non-hydrogen) atoms. The number of hydrogen-bond donors (Lipinski definition) is 2. The number of nitrogens with two attached hydrogens (primary N) is 1. The molecule has 0 spiro atoms. The van der Waals surface area contributed by atoms with Crippen molar-refractivity contribution >= 4 is 35.8 Å². The summed E-state index contributed by atoms with van der Waals surface area (Å²) in [5, 5.41) is 2.80. The van der Waals surface area contributed by atoms with E-state index in [1.807, 2.05) is 0 Å². The number of rotatable bonds is 4. The lowest BCUT2D eigenvalue weighted by Gasteiger charge is -2.22. The molecular weight excluding hydrogens is 344 g/mol. The van der Waals surface area contributed by atoms with Gasteiger partial charge in [0, 0.05) is 19.3 Å². The molecule has 0 radical (unpaired) electrons. The van der Waals surface area contributed by atoms with Crippen LogP contribution in [0.2, 0.25) is 0 Å². The summed E-state index contributed by atoms with van der Waals surface area (Å²) in [7, 11) is 1.45. The number of halogens is 1. The third kappa shape index (κ3) is 3.68. The molecule has 3 N–H and O–H groups in total. The molecular formula is C17H23ClN4O3. The Morgan fingerprint density at radius 1 is 1.28 bits per heavy atom. The number of anilines is 1. The number of benzene rings is 1. The van der Waals surface area contributed by atoms with E-state index in [4.69, 9.17) is 5.73 Å². The molecule has 0 bridgehead atoms. The Hall–Kier alpha value is -1.96. The average Bonchev–Trinajstić information content (AvgIpc) is 3.02. The lowest BCUT2D eigenvalue weighted by atomic mass is 9.90. The van der Waals surface area contributed by atoms with Gasteiger partial charge < -0.3 is 11.1 Å². The van der Waals surface area contributed by atoms with E-state index < -0.39 is 0 Å². The first-order valence-corrected chi connectivity index (χ1v) is 8.02. The molecule has 136 valence electrons. The molecule has 7 nitrogen and oxygen atoms in total. The molecule has 1 aromatic carbocycles. The second kappa shape index (κ2) is 7.11. The Bertz CT molecular complexity index is 724. The second-order valence-electron chi connectivity index (χ2n) is 6.95. The molecule has 0 aliphatic carbocycles. The van der Waals surface area contributed by atoms with Crippen LogP contribution in [0.4, 0.5) is 5.69 Å². The summed E-state index contributed by atoms with van der Waals surface area (Å²) < 4.78 is 0. The number of nitrogens with one attached hydrogen (secondary N) is 1. The van der Waals surface area contributed by atoms with Crippen molar-refractivity contribution in [2.75, 3.05) is 38.5 Å². The SMILES string of the molecule is CN1C(=O)c2ccc(NC(=O)CN3CCC(C)(CN)C3)cc2C1=O.Cl. The number of amides is 3. The summed E-state index contributed by atoms with van der Waals surface area (Å²) in [6.45, 7) is 4.69. The van der Waals surface area contributed by atoms with E-state index in [2.05, 4.69) is 17.1 Å². The lowest BCUT2D eigenvalue weighted by molar-refractivity contribution is -0.117. The van der Waals surface area contributed by atoms with E-state index in [0.717, 1.165) is 24.4 Å². The molecule has 3 amide bonds. The Morgan fingerprint density at radius 3 is 2.60 bits per heavy atom. The van der Waals surface area contributed by atoms with Crippen molar-refractivity contribution in [3.05, 3.63) is 29.3 Å². The Morgan fingerprint density at radius 2 is 1.96 bits per heavy atom. The minimum Gasteiger partial charge on any atom is -0.330 e.